The number of aromatic amines is 1. The van der Waals surface area contributed by atoms with Crippen LogP contribution < -0.4 is 10.6 Å². The van der Waals surface area contributed by atoms with Gasteiger partial charge in [-0.25, -0.2) is 4.98 Å². The molecule has 3 N–H and O–H groups in total. The van der Waals surface area contributed by atoms with Crippen molar-refractivity contribution in [3.8, 4) is 0 Å². The van der Waals surface area contributed by atoms with Gasteiger partial charge >= 0.3 is 0 Å². The number of thioether (sulfide) groups is 2. The van der Waals surface area contributed by atoms with Crippen LogP contribution in [-0.4, -0.2) is 56.3 Å². The predicted octanol–water partition coefficient (Wildman–Crippen LogP) is 1.50. The summed E-state index contributed by atoms with van der Waals surface area (Å²) in [7, 11) is 0. The van der Waals surface area contributed by atoms with Gasteiger partial charge in [0.1, 0.15) is 5.82 Å². The van der Waals surface area contributed by atoms with E-state index in [4.69, 9.17) is 0 Å². The Kier molecular flexibility index (Phi) is 6.63. The van der Waals surface area contributed by atoms with E-state index < -0.39 is 0 Å². The van der Waals surface area contributed by atoms with Gasteiger partial charge in [0, 0.05) is 23.8 Å². The number of amides is 2. The van der Waals surface area contributed by atoms with Crippen molar-refractivity contribution in [2.24, 2.45) is 5.92 Å². The average Bonchev–Trinajstić information content (AvgIpc) is 3.25. The summed E-state index contributed by atoms with van der Waals surface area (Å²) in [5.74, 6) is 3.56. The molecule has 1 saturated heterocycles. The third-order valence-corrected chi connectivity index (χ3v) is 6.66. The van der Waals surface area contributed by atoms with Crippen molar-refractivity contribution in [2.75, 3.05) is 17.3 Å². The molecule has 25 heavy (non-hydrogen) atoms. The molecule has 2 aliphatic rings. The van der Waals surface area contributed by atoms with E-state index in [-0.39, 0.29) is 23.8 Å². The van der Waals surface area contributed by atoms with Gasteiger partial charge in [0.15, 0.2) is 0 Å². The molecule has 3 rings (SSSR count). The standard InChI is InChI=1S/C16H25N5O2S2/c1-10-17-16(21-20-10)25-9-14(22)18-12-4-2-11(3-5-12)15(23)19-13-6-7-24-8-13/h11-13H,2-9H2,1H3,(H,18,22)(H,19,23)(H,17,20,21). The zero-order chi connectivity index (χ0) is 17.6. The van der Waals surface area contributed by atoms with Crippen LogP contribution in [0.4, 0.5) is 0 Å². The van der Waals surface area contributed by atoms with Gasteiger partial charge in [0.25, 0.3) is 0 Å². The highest BCUT2D eigenvalue weighted by Crippen LogP contribution is 2.26. The lowest BCUT2D eigenvalue weighted by Crippen LogP contribution is -2.43. The normalized spacial score (nSPS) is 26.4. The molecule has 1 aromatic rings. The molecular formula is C16H25N5O2S2. The first-order chi connectivity index (χ1) is 12.1. The van der Waals surface area contributed by atoms with Gasteiger partial charge in [-0.05, 0) is 44.8 Å². The molecule has 2 heterocycles. The molecule has 1 aliphatic carbocycles. The van der Waals surface area contributed by atoms with E-state index in [0.29, 0.717) is 17.0 Å². The van der Waals surface area contributed by atoms with Crippen molar-refractivity contribution >= 4 is 35.3 Å². The highest BCUT2D eigenvalue weighted by molar-refractivity contribution is 7.99. The van der Waals surface area contributed by atoms with Crippen LogP contribution in [0.25, 0.3) is 0 Å². The summed E-state index contributed by atoms with van der Waals surface area (Å²) in [6, 6.07) is 0.527. The molecule has 1 saturated carbocycles. The van der Waals surface area contributed by atoms with Gasteiger partial charge < -0.3 is 10.6 Å². The van der Waals surface area contributed by atoms with Crippen molar-refractivity contribution in [3.05, 3.63) is 5.82 Å². The highest BCUT2D eigenvalue weighted by atomic mass is 32.2. The molecule has 1 aromatic heterocycles. The first-order valence-corrected chi connectivity index (χ1v) is 10.9. The minimum Gasteiger partial charge on any atom is -0.353 e. The van der Waals surface area contributed by atoms with Crippen molar-refractivity contribution in [2.45, 2.75) is 56.3 Å². The number of hydrogen-bond donors (Lipinski definition) is 3. The second kappa shape index (κ2) is 8.93. The maximum absolute atomic E-state index is 12.3. The van der Waals surface area contributed by atoms with Gasteiger partial charge in [0.05, 0.1) is 5.75 Å². The fourth-order valence-corrected chi connectivity index (χ4v) is 5.06. The summed E-state index contributed by atoms with van der Waals surface area (Å²) >= 11 is 3.24. The van der Waals surface area contributed by atoms with Crippen molar-refractivity contribution in [3.63, 3.8) is 0 Å². The van der Waals surface area contributed by atoms with Crippen LogP contribution in [0.3, 0.4) is 0 Å². The summed E-state index contributed by atoms with van der Waals surface area (Å²) in [5.41, 5.74) is 0. The topological polar surface area (TPSA) is 99.8 Å². The van der Waals surface area contributed by atoms with Crippen LogP contribution in [-0.2, 0) is 9.59 Å². The Morgan fingerprint density at radius 1 is 1.20 bits per heavy atom. The summed E-state index contributed by atoms with van der Waals surface area (Å²) in [5, 5.41) is 13.6. The number of rotatable bonds is 6. The van der Waals surface area contributed by atoms with Gasteiger partial charge in [-0.1, -0.05) is 11.8 Å². The fourth-order valence-electron chi connectivity index (χ4n) is 3.25. The van der Waals surface area contributed by atoms with E-state index in [0.717, 1.165) is 49.4 Å². The summed E-state index contributed by atoms with van der Waals surface area (Å²) in [6.07, 6.45) is 4.53. The number of aromatic nitrogens is 3. The van der Waals surface area contributed by atoms with Crippen LogP contribution in [0.2, 0.25) is 0 Å². The minimum atomic E-state index is 0.00309. The highest BCUT2D eigenvalue weighted by Gasteiger charge is 2.29. The lowest BCUT2D eigenvalue weighted by atomic mass is 9.85. The average molecular weight is 384 g/mol. The Balaban J connectivity index is 1.34. The van der Waals surface area contributed by atoms with Gasteiger partial charge in [-0.15, -0.1) is 5.10 Å². The lowest BCUT2D eigenvalue weighted by Gasteiger charge is -2.29. The molecule has 2 fully saturated rings. The number of H-pyrrole nitrogens is 1. The molecule has 0 radical (unpaired) electrons. The number of carbonyl (C=O) groups excluding carboxylic acids is 2. The quantitative estimate of drug-likeness (QED) is 0.644. The molecule has 0 spiro atoms. The molecule has 1 unspecified atom stereocenters. The molecule has 2 amide bonds. The first-order valence-electron chi connectivity index (χ1n) is 8.79. The predicted molar refractivity (Wildman–Crippen MR) is 99.6 cm³/mol. The zero-order valence-corrected chi connectivity index (χ0v) is 16.0. The van der Waals surface area contributed by atoms with Crippen molar-refractivity contribution < 1.29 is 9.59 Å². The van der Waals surface area contributed by atoms with E-state index >= 15 is 0 Å². The molecule has 1 atom stereocenters. The summed E-state index contributed by atoms with van der Waals surface area (Å²) < 4.78 is 0. The van der Waals surface area contributed by atoms with Crippen molar-refractivity contribution in [1.29, 1.82) is 0 Å². The number of nitrogens with one attached hydrogen (secondary N) is 3. The van der Waals surface area contributed by atoms with Crippen LogP contribution in [0.5, 0.6) is 0 Å². The van der Waals surface area contributed by atoms with E-state index in [9.17, 15) is 9.59 Å². The maximum atomic E-state index is 12.3. The largest absolute Gasteiger partial charge is 0.353 e. The Hall–Kier alpha value is -1.22. The molecule has 0 bridgehead atoms. The SMILES string of the molecule is Cc1nc(SCC(=O)NC2CCC(C(=O)NC3CCSC3)CC2)n[nH]1. The van der Waals surface area contributed by atoms with Crippen molar-refractivity contribution in [1.82, 2.24) is 25.8 Å². The molecule has 9 heteroatoms. The lowest BCUT2D eigenvalue weighted by molar-refractivity contribution is -0.126. The van der Waals surface area contributed by atoms with Gasteiger partial charge in [-0.2, -0.15) is 11.8 Å². The second-order valence-corrected chi connectivity index (χ2v) is 8.77. The monoisotopic (exact) mass is 383 g/mol. The molecular weight excluding hydrogens is 358 g/mol. The molecule has 138 valence electrons. The number of aryl methyl sites for hydroxylation is 1. The smallest absolute Gasteiger partial charge is 0.230 e. The van der Waals surface area contributed by atoms with E-state index in [1.165, 1.54) is 11.8 Å². The van der Waals surface area contributed by atoms with E-state index in [2.05, 4.69) is 25.8 Å². The van der Waals surface area contributed by atoms with E-state index in [1.807, 2.05) is 18.7 Å². The number of carbonyl (C=O) groups is 2. The van der Waals surface area contributed by atoms with Crippen LogP contribution in [0.1, 0.15) is 37.9 Å². The zero-order valence-electron chi connectivity index (χ0n) is 14.4. The second-order valence-electron chi connectivity index (χ2n) is 6.68. The third kappa shape index (κ3) is 5.64. The minimum absolute atomic E-state index is 0.00309. The molecule has 7 nitrogen and oxygen atoms in total. The molecule has 0 aromatic carbocycles. The number of hydrogen-bond acceptors (Lipinski definition) is 6. The van der Waals surface area contributed by atoms with Gasteiger partial charge in [0.2, 0.25) is 17.0 Å². The fraction of sp³-hybridized carbons (Fsp3) is 0.750. The first kappa shape index (κ1) is 18.6. The van der Waals surface area contributed by atoms with E-state index in [1.54, 1.807) is 0 Å². The number of nitrogens with zero attached hydrogens (tertiary/aromatic N) is 2. The Morgan fingerprint density at radius 3 is 2.64 bits per heavy atom. The molecule has 1 aliphatic heterocycles. The van der Waals surface area contributed by atoms with Crippen LogP contribution in [0.15, 0.2) is 5.16 Å². The van der Waals surface area contributed by atoms with Gasteiger partial charge in [-0.3, -0.25) is 14.7 Å². The Bertz CT molecular complexity index is 595. The Morgan fingerprint density at radius 2 is 2.00 bits per heavy atom. The van der Waals surface area contributed by atoms with Crippen LogP contribution >= 0.6 is 23.5 Å². The summed E-state index contributed by atoms with van der Waals surface area (Å²) in [6.45, 7) is 1.83. The third-order valence-electron chi connectivity index (χ3n) is 4.65. The maximum Gasteiger partial charge on any atom is 0.230 e. The summed E-state index contributed by atoms with van der Waals surface area (Å²) in [4.78, 5) is 28.5. The van der Waals surface area contributed by atoms with Crippen LogP contribution in [0, 0.1) is 12.8 Å². The Labute approximate surface area is 156 Å².